The smallest absolute Gasteiger partial charge is 0.0218 e. The Morgan fingerprint density at radius 1 is 0.806 bits per heavy atom. The van der Waals surface area contributed by atoms with E-state index in [2.05, 4.69) is 122 Å². The molecule has 1 atom stereocenters. The predicted molar refractivity (Wildman–Crippen MR) is 147 cm³/mol. The summed E-state index contributed by atoms with van der Waals surface area (Å²) in [5.41, 5.74) is 7.61. The first kappa shape index (κ1) is 30.9. The standard InChI is InChI=1S/C24H28.C4H10.C2H6.CH4/c1-18-6-11-23(12-7-18)13-8-19(2)16-20(3)9-14-24-15-10-21(4)22(5)17-24;1-4(2)3;1-2;/h6-15,17,19H,3,16H2,1-2,4-5H3;4H,1-3H3;1-2H3;1H4/b13-8+,14-9+;;;. The minimum absolute atomic E-state index is 0. The normalized spacial score (nSPS) is 11.3. The molecular weight excluding hydrogens is 372 g/mol. The van der Waals surface area contributed by atoms with Gasteiger partial charge in [0.05, 0.1) is 0 Å². The van der Waals surface area contributed by atoms with Crippen molar-refractivity contribution >= 4 is 12.2 Å². The highest BCUT2D eigenvalue weighted by Gasteiger charge is 1.99. The van der Waals surface area contributed by atoms with Gasteiger partial charge >= 0.3 is 0 Å². The first-order chi connectivity index (χ1) is 14.2. The maximum atomic E-state index is 4.20. The van der Waals surface area contributed by atoms with Gasteiger partial charge in [-0.15, -0.1) is 0 Å². The molecule has 31 heavy (non-hydrogen) atoms. The molecule has 0 spiro atoms. The monoisotopic (exact) mass is 420 g/mol. The van der Waals surface area contributed by atoms with Crippen molar-refractivity contribution in [2.45, 2.75) is 76.2 Å². The maximum absolute atomic E-state index is 4.20. The number of rotatable bonds is 6. The van der Waals surface area contributed by atoms with Crippen molar-refractivity contribution in [3.63, 3.8) is 0 Å². The third kappa shape index (κ3) is 15.2. The minimum atomic E-state index is 0. The van der Waals surface area contributed by atoms with Crippen LogP contribution in [-0.4, -0.2) is 0 Å². The number of hydrogen-bond acceptors (Lipinski definition) is 0. The van der Waals surface area contributed by atoms with Crippen molar-refractivity contribution in [2.75, 3.05) is 0 Å². The number of allylic oxidation sites excluding steroid dienone is 3. The van der Waals surface area contributed by atoms with Gasteiger partial charge in [0.15, 0.2) is 0 Å². The van der Waals surface area contributed by atoms with E-state index in [1.54, 1.807) is 0 Å². The molecular formula is C31H48. The van der Waals surface area contributed by atoms with Crippen LogP contribution in [-0.2, 0) is 0 Å². The lowest BCUT2D eigenvalue weighted by Crippen LogP contribution is -1.90. The van der Waals surface area contributed by atoms with E-state index in [0.29, 0.717) is 5.92 Å². The van der Waals surface area contributed by atoms with E-state index in [4.69, 9.17) is 0 Å². The van der Waals surface area contributed by atoms with Crippen LogP contribution in [0.2, 0.25) is 0 Å². The Bertz CT molecular complexity index is 783. The molecule has 0 amide bonds. The summed E-state index contributed by atoms with van der Waals surface area (Å²) in [4.78, 5) is 0. The minimum Gasteiger partial charge on any atom is -0.0958 e. The van der Waals surface area contributed by atoms with Gasteiger partial charge in [0.25, 0.3) is 0 Å². The van der Waals surface area contributed by atoms with Gasteiger partial charge in [-0.3, -0.25) is 0 Å². The second kappa shape index (κ2) is 17.4. The summed E-state index contributed by atoms with van der Waals surface area (Å²) in [6.07, 6.45) is 9.74. The van der Waals surface area contributed by atoms with Gasteiger partial charge in [-0.2, -0.15) is 0 Å². The first-order valence-electron chi connectivity index (χ1n) is 11.4. The quantitative estimate of drug-likeness (QED) is 0.408. The molecule has 0 radical (unpaired) electrons. The van der Waals surface area contributed by atoms with E-state index >= 15 is 0 Å². The topological polar surface area (TPSA) is 0 Å². The third-order valence-corrected chi connectivity index (χ3v) is 4.32. The Hall–Kier alpha value is -2.34. The van der Waals surface area contributed by atoms with Crippen LogP contribution in [0, 0.1) is 32.6 Å². The second-order valence-corrected chi connectivity index (χ2v) is 8.52. The zero-order valence-corrected chi connectivity index (χ0v) is 20.9. The Balaban J connectivity index is 0. The number of aryl methyl sites for hydroxylation is 3. The summed E-state index contributed by atoms with van der Waals surface area (Å²) in [6, 6.07) is 15.2. The number of hydrogen-bond donors (Lipinski definition) is 0. The van der Waals surface area contributed by atoms with Crippen LogP contribution in [0.4, 0.5) is 0 Å². The summed E-state index contributed by atoms with van der Waals surface area (Å²) in [7, 11) is 0. The molecule has 0 heterocycles. The summed E-state index contributed by atoms with van der Waals surface area (Å²) in [6.45, 7) is 23.3. The van der Waals surface area contributed by atoms with Gasteiger partial charge < -0.3 is 0 Å². The highest BCUT2D eigenvalue weighted by molar-refractivity contribution is 5.55. The Morgan fingerprint density at radius 3 is 1.84 bits per heavy atom. The molecule has 2 aromatic rings. The fraction of sp³-hybridized carbons (Fsp3) is 0.419. The van der Waals surface area contributed by atoms with Gasteiger partial charge in [0.2, 0.25) is 0 Å². The van der Waals surface area contributed by atoms with E-state index in [1.165, 1.54) is 27.8 Å². The summed E-state index contributed by atoms with van der Waals surface area (Å²) in [5.74, 6) is 1.31. The maximum Gasteiger partial charge on any atom is -0.0218 e. The van der Waals surface area contributed by atoms with E-state index in [-0.39, 0.29) is 7.43 Å². The van der Waals surface area contributed by atoms with Crippen LogP contribution < -0.4 is 0 Å². The zero-order valence-electron chi connectivity index (χ0n) is 20.9. The molecule has 0 fully saturated rings. The molecule has 0 saturated carbocycles. The van der Waals surface area contributed by atoms with Gasteiger partial charge in [-0.05, 0) is 61.3 Å². The molecule has 0 bridgehead atoms. The van der Waals surface area contributed by atoms with Crippen LogP contribution >= 0.6 is 0 Å². The van der Waals surface area contributed by atoms with Crippen molar-refractivity contribution in [2.24, 2.45) is 11.8 Å². The second-order valence-electron chi connectivity index (χ2n) is 8.52. The molecule has 0 N–H and O–H groups in total. The Kier molecular flexibility index (Phi) is 17.3. The van der Waals surface area contributed by atoms with Gasteiger partial charge in [0, 0.05) is 0 Å². The van der Waals surface area contributed by atoms with E-state index in [1.807, 2.05) is 13.8 Å². The van der Waals surface area contributed by atoms with Crippen molar-refractivity contribution in [1.29, 1.82) is 0 Å². The number of benzene rings is 2. The predicted octanol–water partition coefficient (Wildman–Crippen LogP) is 10.2. The Morgan fingerprint density at radius 2 is 1.32 bits per heavy atom. The summed E-state index contributed by atoms with van der Waals surface area (Å²) < 4.78 is 0. The van der Waals surface area contributed by atoms with Crippen molar-refractivity contribution in [3.8, 4) is 0 Å². The molecule has 1 unspecified atom stereocenters. The molecule has 0 nitrogen and oxygen atoms in total. The van der Waals surface area contributed by atoms with Crippen molar-refractivity contribution < 1.29 is 0 Å². The van der Waals surface area contributed by atoms with Gasteiger partial charge in [0.1, 0.15) is 0 Å². The average Bonchev–Trinajstić information content (AvgIpc) is 2.69. The van der Waals surface area contributed by atoms with Crippen molar-refractivity contribution in [3.05, 3.63) is 94.6 Å². The Labute approximate surface area is 194 Å². The lowest BCUT2D eigenvalue weighted by Gasteiger charge is -2.06. The van der Waals surface area contributed by atoms with E-state index < -0.39 is 0 Å². The van der Waals surface area contributed by atoms with Gasteiger partial charge in [-0.25, -0.2) is 0 Å². The van der Waals surface area contributed by atoms with Crippen LogP contribution in [0.25, 0.3) is 12.2 Å². The molecule has 2 rings (SSSR count). The lowest BCUT2D eigenvalue weighted by atomic mass is 9.99. The third-order valence-electron chi connectivity index (χ3n) is 4.32. The van der Waals surface area contributed by atoms with Gasteiger partial charge in [-0.1, -0.05) is 133 Å². The molecule has 0 aliphatic heterocycles. The van der Waals surface area contributed by atoms with Crippen LogP contribution in [0.3, 0.4) is 0 Å². The highest BCUT2D eigenvalue weighted by atomic mass is 14.0. The summed E-state index contributed by atoms with van der Waals surface area (Å²) >= 11 is 0. The van der Waals surface area contributed by atoms with Crippen molar-refractivity contribution in [1.82, 2.24) is 0 Å². The first-order valence-corrected chi connectivity index (χ1v) is 11.4. The molecule has 0 saturated heterocycles. The molecule has 2 aromatic carbocycles. The SMILES string of the molecule is C.C=C(/C=C/c1ccc(C)c(C)c1)CC(C)/C=C/c1ccc(C)cc1.CC.CC(C)C. The molecule has 0 aliphatic rings. The van der Waals surface area contributed by atoms with E-state index in [9.17, 15) is 0 Å². The fourth-order valence-corrected chi connectivity index (χ4v) is 2.58. The van der Waals surface area contributed by atoms with Crippen LogP contribution in [0.5, 0.6) is 0 Å². The highest BCUT2D eigenvalue weighted by Crippen LogP contribution is 2.17. The molecule has 0 heteroatoms. The zero-order chi connectivity index (χ0) is 23.1. The van der Waals surface area contributed by atoms with Crippen LogP contribution in [0.15, 0.2) is 66.8 Å². The van der Waals surface area contributed by atoms with E-state index in [0.717, 1.165) is 17.9 Å². The largest absolute Gasteiger partial charge is 0.0958 e. The summed E-state index contributed by atoms with van der Waals surface area (Å²) in [5, 5.41) is 0. The fourth-order valence-electron chi connectivity index (χ4n) is 2.58. The lowest BCUT2D eigenvalue weighted by molar-refractivity contribution is 0.732. The molecule has 172 valence electrons. The molecule has 0 aromatic heterocycles. The molecule has 0 aliphatic carbocycles. The van der Waals surface area contributed by atoms with Crippen LogP contribution in [0.1, 0.15) is 83.2 Å². The average molecular weight is 421 g/mol.